The molecular formula is C48H44N4O14. The lowest BCUT2D eigenvalue weighted by molar-refractivity contribution is 0.0641. The Morgan fingerprint density at radius 2 is 0.530 bits per heavy atom. The van der Waals surface area contributed by atoms with Crippen molar-refractivity contribution in [3.63, 3.8) is 0 Å². The Labute approximate surface area is 377 Å². The fourth-order valence-electron chi connectivity index (χ4n) is 6.13. The normalized spacial score (nSPS) is 14.2. The molecule has 18 heteroatoms. The van der Waals surface area contributed by atoms with Gasteiger partial charge in [0.2, 0.25) is 0 Å². The van der Waals surface area contributed by atoms with Gasteiger partial charge in [-0.2, -0.15) is 0 Å². The molecule has 0 amide bonds. The summed E-state index contributed by atoms with van der Waals surface area (Å²) in [5.74, 6) is 0.239. The molecule has 8 N–H and O–H groups in total. The predicted molar refractivity (Wildman–Crippen MR) is 245 cm³/mol. The number of ether oxygens (including phenoxy) is 6. The van der Waals surface area contributed by atoms with E-state index in [1.807, 2.05) is 0 Å². The molecule has 7 rings (SSSR count). The fraction of sp³-hybridized carbons (Fsp3) is 0.167. The van der Waals surface area contributed by atoms with Crippen molar-refractivity contribution in [1.29, 1.82) is 0 Å². The van der Waals surface area contributed by atoms with Gasteiger partial charge >= 0.3 is 0 Å². The lowest BCUT2D eigenvalue weighted by Gasteiger charge is -2.17. The fourth-order valence-corrected chi connectivity index (χ4v) is 6.13. The number of aromatic hydroxyl groups is 8. The van der Waals surface area contributed by atoms with Gasteiger partial charge in [-0.3, -0.25) is 20.0 Å². The van der Waals surface area contributed by atoms with Crippen LogP contribution < -0.4 is 18.9 Å². The first-order valence-corrected chi connectivity index (χ1v) is 20.3. The van der Waals surface area contributed by atoms with E-state index in [-0.39, 0.29) is 167 Å². The largest absolute Gasteiger partial charge is 0.508 e. The summed E-state index contributed by atoms with van der Waals surface area (Å²) in [5, 5.41) is 81.6. The first-order valence-electron chi connectivity index (χ1n) is 20.3. The first-order chi connectivity index (χ1) is 32.0. The molecule has 0 radical (unpaired) electrons. The van der Waals surface area contributed by atoms with E-state index < -0.39 is 0 Å². The van der Waals surface area contributed by atoms with Crippen LogP contribution in [0.1, 0.15) is 22.3 Å². The van der Waals surface area contributed by atoms with Gasteiger partial charge < -0.3 is 69.3 Å². The Morgan fingerprint density at radius 3 is 0.758 bits per heavy atom. The second-order valence-corrected chi connectivity index (χ2v) is 14.2. The third-order valence-electron chi connectivity index (χ3n) is 9.44. The minimum atomic E-state index is -0.125. The summed E-state index contributed by atoms with van der Waals surface area (Å²) in [4.78, 5) is 18.1. The number of hydrogen-bond acceptors (Lipinski definition) is 18. The molecule has 0 saturated carbocycles. The van der Waals surface area contributed by atoms with Crippen molar-refractivity contribution in [3.8, 4) is 69.0 Å². The highest BCUT2D eigenvalue weighted by Gasteiger charge is 2.16. The Bertz CT molecular complexity index is 2420. The van der Waals surface area contributed by atoms with Crippen LogP contribution in [0.3, 0.4) is 0 Å². The van der Waals surface area contributed by atoms with Crippen molar-refractivity contribution < 1.29 is 69.3 Å². The number of phenols is 8. The maximum absolute atomic E-state index is 10.4. The monoisotopic (exact) mass is 900 g/mol. The topological polar surface area (TPSA) is 267 Å². The first kappa shape index (κ1) is 45.5. The summed E-state index contributed by atoms with van der Waals surface area (Å²) in [6.07, 6.45) is 5.36. The predicted octanol–water partition coefficient (Wildman–Crippen LogP) is 7.60. The van der Waals surface area contributed by atoms with Crippen LogP contribution in [0, 0.1) is 0 Å². The molecule has 18 nitrogen and oxygen atoms in total. The SMILES string of the molecule is Oc1ccc(O)c(C=Nc2cc3c(cc2N=Cc2cc(O)ccc2O)OCCOCCOc2cc(N=Cc4cc(O)ccc4O)c(N=Cc4cc(O)ccc4O)cc2OCCOCCO3)c1. The van der Waals surface area contributed by atoms with Gasteiger partial charge in [0.15, 0.2) is 23.0 Å². The van der Waals surface area contributed by atoms with Gasteiger partial charge in [0, 0.05) is 71.4 Å². The molecule has 6 aromatic rings. The highest BCUT2D eigenvalue weighted by atomic mass is 16.6. The zero-order valence-electron chi connectivity index (χ0n) is 35.0. The van der Waals surface area contributed by atoms with E-state index in [1.54, 1.807) is 24.3 Å². The third-order valence-corrected chi connectivity index (χ3v) is 9.44. The van der Waals surface area contributed by atoms with Crippen LogP contribution in [0.15, 0.2) is 117 Å². The van der Waals surface area contributed by atoms with Gasteiger partial charge in [-0.25, -0.2) is 0 Å². The highest BCUT2D eigenvalue weighted by molar-refractivity contribution is 5.92. The molecule has 0 saturated heterocycles. The van der Waals surface area contributed by atoms with E-state index in [0.29, 0.717) is 0 Å². The van der Waals surface area contributed by atoms with Crippen molar-refractivity contribution in [3.05, 3.63) is 119 Å². The van der Waals surface area contributed by atoms with Crippen LogP contribution in [-0.2, 0) is 9.47 Å². The minimum Gasteiger partial charge on any atom is -0.508 e. The minimum absolute atomic E-state index is 0.0553. The standard InChI is InChI=1S/C48H44N4O14/c53-33-1-5-41(57)29(17-33)25-49-37-21-45-46(22-38(37)50-26-30-18-34(54)2-6-42(30)58)64-14-10-62-12-16-66-48-24-40(52-28-32-20-36(56)4-8-44(32)60)39(23-47(48)65-15-11-61-9-13-63-45)51-27-31-19-35(55)3-7-43(31)59/h1-8,17-28,53-60H,9-16H2. The maximum atomic E-state index is 10.4. The molecule has 0 fully saturated rings. The second kappa shape index (κ2) is 21.7. The Balaban J connectivity index is 1.13. The van der Waals surface area contributed by atoms with E-state index in [9.17, 15) is 40.9 Å². The number of phenolic OH excluding ortho intramolecular Hbond substituents is 8. The summed E-state index contributed by atoms with van der Waals surface area (Å²) in [6.45, 7) is 0.666. The molecule has 0 bridgehead atoms. The van der Waals surface area contributed by atoms with Gasteiger partial charge in [0.05, 0.1) is 49.2 Å². The van der Waals surface area contributed by atoms with Crippen molar-refractivity contribution >= 4 is 47.6 Å². The summed E-state index contributed by atoms with van der Waals surface area (Å²) >= 11 is 0. The van der Waals surface area contributed by atoms with Gasteiger partial charge in [-0.1, -0.05) is 0 Å². The van der Waals surface area contributed by atoms with Crippen molar-refractivity contribution in [1.82, 2.24) is 0 Å². The van der Waals surface area contributed by atoms with E-state index >= 15 is 0 Å². The molecule has 1 heterocycles. The zero-order chi connectivity index (χ0) is 46.4. The smallest absolute Gasteiger partial charge is 0.163 e. The average Bonchev–Trinajstić information content (AvgIpc) is 3.30. The van der Waals surface area contributed by atoms with Crippen molar-refractivity contribution in [2.45, 2.75) is 0 Å². The lowest BCUT2D eigenvalue weighted by Crippen LogP contribution is -2.15. The van der Waals surface area contributed by atoms with Crippen molar-refractivity contribution in [2.24, 2.45) is 20.0 Å². The number of hydrogen-bond donors (Lipinski definition) is 8. The van der Waals surface area contributed by atoms with E-state index in [2.05, 4.69) is 20.0 Å². The lowest BCUT2D eigenvalue weighted by atomic mass is 10.2. The van der Waals surface area contributed by atoms with E-state index in [0.717, 1.165) is 0 Å². The van der Waals surface area contributed by atoms with Gasteiger partial charge in [0.1, 0.15) is 72.4 Å². The molecule has 0 aliphatic carbocycles. The van der Waals surface area contributed by atoms with Gasteiger partial charge in [-0.05, 0) is 72.8 Å². The van der Waals surface area contributed by atoms with Crippen LogP contribution >= 0.6 is 0 Å². The quantitative estimate of drug-likeness (QED) is 0.0540. The summed E-state index contributed by atoms with van der Waals surface area (Å²) in [7, 11) is 0. The second-order valence-electron chi connectivity index (χ2n) is 14.2. The van der Waals surface area contributed by atoms with Crippen LogP contribution in [0.5, 0.6) is 69.0 Å². The summed E-state index contributed by atoms with van der Waals surface area (Å²) < 4.78 is 36.2. The molecule has 1 aliphatic heterocycles. The summed E-state index contributed by atoms with van der Waals surface area (Å²) in [5.41, 5.74) is 1.93. The average molecular weight is 901 g/mol. The molecule has 1 aliphatic rings. The van der Waals surface area contributed by atoms with Crippen LogP contribution in [-0.4, -0.2) is 119 Å². The third kappa shape index (κ3) is 12.4. The van der Waals surface area contributed by atoms with Gasteiger partial charge in [-0.15, -0.1) is 0 Å². The number of fused-ring (bicyclic) bond motifs is 2. The Kier molecular flexibility index (Phi) is 15.0. The zero-order valence-corrected chi connectivity index (χ0v) is 35.0. The highest BCUT2D eigenvalue weighted by Crippen LogP contribution is 2.42. The Morgan fingerprint density at radius 1 is 0.303 bits per heavy atom. The summed E-state index contributed by atoms with van der Waals surface area (Å²) in [6, 6.07) is 22.3. The molecule has 340 valence electrons. The van der Waals surface area contributed by atoms with Crippen LogP contribution in [0.25, 0.3) is 0 Å². The number of aliphatic imine (C=N–C) groups is 4. The molecule has 0 spiro atoms. The van der Waals surface area contributed by atoms with Crippen LogP contribution in [0.2, 0.25) is 0 Å². The molecule has 0 atom stereocenters. The molecular weight excluding hydrogens is 857 g/mol. The molecule has 66 heavy (non-hydrogen) atoms. The molecule has 0 unspecified atom stereocenters. The number of benzene rings is 6. The van der Waals surface area contributed by atoms with Crippen molar-refractivity contribution in [2.75, 3.05) is 52.9 Å². The number of nitrogens with zero attached hydrogens (tertiary/aromatic N) is 4. The molecule has 6 aromatic carbocycles. The molecule has 0 aromatic heterocycles. The number of rotatable bonds is 8. The van der Waals surface area contributed by atoms with Gasteiger partial charge in [0.25, 0.3) is 0 Å². The van der Waals surface area contributed by atoms with Crippen LogP contribution in [0.4, 0.5) is 22.7 Å². The van der Waals surface area contributed by atoms with E-state index in [1.165, 1.54) is 97.7 Å². The van der Waals surface area contributed by atoms with E-state index in [4.69, 9.17) is 28.4 Å². The maximum Gasteiger partial charge on any atom is 0.163 e. The Hall–Kier alpha value is -8.48.